The number of hydrogen-bond acceptors (Lipinski definition) is 4. The molecule has 0 aliphatic carbocycles. The Kier molecular flexibility index (Phi) is 3.06. The lowest BCUT2D eigenvalue weighted by molar-refractivity contribution is 0.0690. The summed E-state index contributed by atoms with van der Waals surface area (Å²) in [7, 11) is 0. The molecule has 100 valence electrons. The van der Waals surface area contributed by atoms with Gasteiger partial charge in [-0.3, -0.25) is 9.89 Å². The topological polar surface area (TPSA) is 75.0 Å². The highest BCUT2D eigenvalue weighted by Crippen LogP contribution is 2.31. The summed E-state index contributed by atoms with van der Waals surface area (Å²) in [6, 6.07) is 3.70. The molecule has 0 saturated carbocycles. The first-order valence-electron chi connectivity index (χ1n) is 6.55. The Morgan fingerprint density at radius 1 is 1.63 bits per heavy atom. The van der Waals surface area contributed by atoms with Crippen LogP contribution >= 0.6 is 0 Å². The molecule has 2 aromatic heterocycles. The van der Waals surface area contributed by atoms with Crippen molar-refractivity contribution in [3.05, 3.63) is 35.5 Å². The molecule has 6 nitrogen and oxygen atoms in total. The van der Waals surface area contributed by atoms with Crippen LogP contribution in [-0.2, 0) is 6.42 Å². The van der Waals surface area contributed by atoms with Crippen LogP contribution in [0.15, 0.2) is 22.9 Å². The number of carbonyl (C=O) groups excluding carboxylic acids is 1. The molecule has 1 N–H and O–H groups in total. The number of rotatable bonds is 3. The van der Waals surface area contributed by atoms with Crippen molar-refractivity contribution in [2.75, 3.05) is 6.54 Å². The first-order valence-corrected chi connectivity index (χ1v) is 6.55. The molecule has 1 saturated heterocycles. The first-order chi connectivity index (χ1) is 9.29. The second kappa shape index (κ2) is 4.87. The quantitative estimate of drug-likeness (QED) is 0.915. The molecule has 0 spiro atoms. The number of aryl methyl sites for hydroxylation is 1. The molecule has 19 heavy (non-hydrogen) atoms. The summed E-state index contributed by atoms with van der Waals surface area (Å²) in [6.07, 6.45) is 4.41. The normalized spacial score (nSPS) is 19.0. The number of H-pyrrole nitrogens is 1. The molecular weight excluding hydrogens is 244 g/mol. The third-order valence-electron chi connectivity index (χ3n) is 3.53. The van der Waals surface area contributed by atoms with E-state index in [1.165, 1.54) is 0 Å². The SMILES string of the molecule is CCc1cc(C(=O)N2CCC[C@H]2c2ccn[nH]2)on1. The van der Waals surface area contributed by atoms with Gasteiger partial charge in [-0.15, -0.1) is 0 Å². The minimum absolute atomic E-state index is 0.0603. The average Bonchev–Trinajstić information content (AvgIpc) is 3.16. The highest BCUT2D eigenvalue weighted by Gasteiger charge is 2.33. The van der Waals surface area contributed by atoms with Gasteiger partial charge in [0.1, 0.15) is 0 Å². The van der Waals surface area contributed by atoms with Gasteiger partial charge in [-0.1, -0.05) is 12.1 Å². The molecule has 0 unspecified atom stereocenters. The summed E-state index contributed by atoms with van der Waals surface area (Å²) in [5, 5.41) is 10.8. The Hall–Kier alpha value is -2.11. The van der Waals surface area contributed by atoms with Crippen molar-refractivity contribution < 1.29 is 9.32 Å². The van der Waals surface area contributed by atoms with Gasteiger partial charge in [0.2, 0.25) is 5.76 Å². The number of likely N-dealkylation sites (tertiary alicyclic amines) is 1. The van der Waals surface area contributed by atoms with Crippen molar-refractivity contribution >= 4 is 5.91 Å². The van der Waals surface area contributed by atoms with Crippen molar-refractivity contribution in [2.45, 2.75) is 32.2 Å². The molecule has 0 radical (unpaired) electrons. The fourth-order valence-corrected chi connectivity index (χ4v) is 2.51. The number of aromatic amines is 1. The maximum Gasteiger partial charge on any atom is 0.293 e. The van der Waals surface area contributed by atoms with Crippen LogP contribution in [0.1, 0.15) is 47.7 Å². The summed E-state index contributed by atoms with van der Waals surface area (Å²) in [5.41, 5.74) is 1.78. The van der Waals surface area contributed by atoms with Gasteiger partial charge in [0.15, 0.2) is 0 Å². The van der Waals surface area contributed by atoms with Crippen molar-refractivity contribution in [1.82, 2.24) is 20.3 Å². The number of aromatic nitrogens is 3. The minimum atomic E-state index is -0.0932. The highest BCUT2D eigenvalue weighted by atomic mass is 16.5. The molecule has 1 aliphatic heterocycles. The van der Waals surface area contributed by atoms with E-state index >= 15 is 0 Å². The lowest BCUT2D eigenvalue weighted by atomic mass is 10.1. The van der Waals surface area contributed by atoms with Crippen molar-refractivity contribution in [3.8, 4) is 0 Å². The van der Waals surface area contributed by atoms with Gasteiger partial charge < -0.3 is 9.42 Å². The highest BCUT2D eigenvalue weighted by molar-refractivity contribution is 5.92. The molecule has 1 atom stereocenters. The molecule has 1 aliphatic rings. The molecule has 0 aromatic carbocycles. The Balaban J connectivity index is 1.82. The van der Waals surface area contributed by atoms with Gasteiger partial charge in [0.05, 0.1) is 17.4 Å². The van der Waals surface area contributed by atoms with Crippen molar-refractivity contribution in [2.24, 2.45) is 0 Å². The maximum atomic E-state index is 12.4. The predicted molar refractivity (Wildman–Crippen MR) is 67.5 cm³/mol. The third-order valence-corrected chi connectivity index (χ3v) is 3.53. The summed E-state index contributed by atoms with van der Waals surface area (Å²) in [6.45, 7) is 2.72. The molecule has 2 aromatic rings. The molecule has 0 bridgehead atoms. The fourth-order valence-electron chi connectivity index (χ4n) is 2.51. The van der Waals surface area contributed by atoms with Crippen LogP contribution in [-0.4, -0.2) is 32.7 Å². The number of hydrogen-bond donors (Lipinski definition) is 1. The Bertz CT molecular complexity index is 561. The van der Waals surface area contributed by atoms with Crippen LogP contribution in [0, 0.1) is 0 Å². The standard InChI is InChI=1S/C13H16N4O2/c1-2-9-8-12(19-16-9)13(18)17-7-3-4-11(17)10-5-6-14-15-10/h5-6,8,11H,2-4,7H2,1H3,(H,14,15)/t11-/m0/s1. The third kappa shape index (κ3) is 2.14. The largest absolute Gasteiger partial charge is 0.351 e. The Morgan fingerprint density at radius 3 is 3.21 bits per heavy atom. The second-order valence-corrected chi connectivity index (χ2v) is 4.70. The number of amides is 1. The van der Waals surface area contributed by atoms with Crippen LogP contribution in [0.25, 0.3) is 0 Å². The van der Waals surface area contributed by atoms with E-state index in [-0.39, 0.29) is 11.9 Å². The van der Waals surface area contributed by atoms with E-state index in [9.17, 15) is 4.79 Å². The van der Waals surface area contributed by atoms with E-state index in [1.54, 1.807) is 12.3 Å². The minimum Gasteiger partial charge on any atom is -0.351 e. The van der Waals surface area contributed by atoms with Gasteiger partial charge in [0, 0.05) is 18.8 Å². The zero-order valence-corrected chi connectivity index (χ0v) is 10.8. The zero-order valence-electron chi connectivity index (χ0n) is 10.8. The van der Waals surface area contributed by atoms with E-state index in [4.69, 9.17) is 4.52 Å². The molecule has 1 amide bonds. The Morgan fingerprint density at radius 2 is 2.53 bits per heavy atom. The summed E-state index contributed by atoms with van der Waals surface area (Å²) in [5.74, 6) is 0.229. The van der Waals surface area contributed by atoms with E-state index in [0.29, 0.717) is 5.76 Å². The van der Waals surface area contributed by atoms with Crippen LogP contribution in [0.4, 0.5) is 0 Å². The number of nitrogens with one attached hydrogen (secondary N) is 1. The van der Waals surface area contributed by atoms with Gasteiger partial charge in [-0.2, -0.15) is 5.10 Å². The average molecular weight is 260 g/mol. The van der Waals surface area contributed by atoms with E-state index in [0.717, 1.165) is 37.2 Å². The van der Waals surface area contributed by atoms with E-state index in [2.05, 4.69) is 15.4 Å². The molecule has 3 rings (SSSR count). The fraction of sp³-hybridized carbons (Fsp3) is 0.462. The number of carbonyl (C=O) groups is 1. The van der Waals surface area contributed by atoms with Crippen molar-refractivity contribution in [1.29, 1.82) is 0 Å². The van der Waals surface area contributed by atoms with Gasteiger partial charge >= 0.3 is 0 Å². The summed E-state index contributed by atoms with van der Waals surface area (Å²) < 4.78 is 5.13. The van der Waals surface area contributed by atoms with Crippen molar-refractivity contribution in [3.63, 3.8) is 0 Å². The second-order valence-electron chi connectivity index (χ2n) is 4.70. The van der Waals surface area contributed by atoms with Gasteiger partial charge in [-0.05, 0) is 25.3 Å². The first kappa shape index (κ1) is 12.0. The van der Waals surface area contributed by atoms with Gasteiger partial charge in [-0.25, -0.2) is 0 Å². The van der Waals surface area contributed by atoms with Crippen LogP contribution < -0.4 is 0 Å². The maximum absolute atomic E-state index is 12.4. The smallest absolute Gasteiger partial charge is 0.293 e. The van der Waals surface area contributed by atoms with Gasteiger partial charge in [0.25, 0.3) is 5.91 Å². The molecule has 6 heteroatoms. The molecule has 1 fully saturated rings. The zero-order chi connectivity index (χ0) is 13.2. The predicted octanol–water partition coefficient (Wildman–Crippen LogP) is 1.94. The Labute approximate surface area is 110 Å². The summed E-state index contributed by atoms with van der Waals surface area (Å²) >= 11 is 0. The van der Waals surface area contributed by atoms with E-state index in [1.807, 2.05) is 17.9 Å². The molecule has 3 heterocycles. The van der Waals surface area contributed by atoms with Crippen LogP contribution in [0.2, 0.25) is 0 Å². The molecular formula is C13H16N4O2. The van der Waals surface area contributed by atoms with Crippen LogP contribution in [0.5, 0.6) is 0 Å². The monoisotopic (exact) mass is 260 g/mol. The van der Waals surface area contributed by atoms with Crippen LogP contribution in [0.3, 0.4) is 0 Å². The lowest BCUT2D eigenvalue weighted by Crippen LogP contribution is -2.30. The van der Waals surface area contributed by atoms with E-state index < -0.39 is 0 Å². The summed E-state index contributed by atoms with van der Waals surface area (Å²) in [4.78, 5) is 14.3. The number of nitrogens with zero attached hydrogens (tertiary/aromatic N) is 3. The lowest BCUT2D eigenvalue weighted by Gasteiger charge is -2.22.